The molecule has 0 saturated heterocycles. The van der Waals surface area contributed by atoms with Gasteiger partial charge in [-0.25, -0.2) is 4.79 Å². The lowest BCUT2D eigenvalue weighted by atomic mass is 10.0. The second-order valence-corrected chi connectivity index (χ2v) is 7.46. The zero-order valence-electron chi connectivity index (χ0n) is 19.3. The summed E-state index contributed by atoms with van der Waals surface area (Å²) in [7, 11) is 4.15. The minimum absolute atomic E-state index is 0.0291. The van der Waals surface area contributed by atoms with E-state index in [0.717, 1.165) is 6.07 Å². The molecule has 0 aliphatic heterocycles. The lowest BCUT2D eigenvalue weighted by Gasteiger charge is -2.14. The quantitative estimate of drug-likeness (QED) is 0.247. The third-order valence-electron chi connectivity index (χ3n) is 5.29. The van der Waals surface area contributed by atoms with Gasteiger partial charge in [-0.05, 0) is 29.8 Å². The highest BCUT2D eigenvalue weighted by atomic mass is 19.4. The van der Waals surface area contributed by atoms with Crippen molar-refractivity contribution >= 4 is 16.9 Å². The minimum Gasteiger partial charge on any atom is -0.493 e. The van der Waals surface area contributed by atoms with Crippen molar-refractivity contribution in [1.29, 1.82) is 0 Å². The fourth-order valence-corrected chi connectivity index (χ4v) is 3.67. The van der Waals surface area contributed by atoms with Gasteiger partial charge in [0.2, 0.25) is 16.9 Å². The standard InChI is InChI=1S/C26H19F3O7/c1-32-19-11-15(12-20(33-2)23(19)34-3)25(31)35-16-9-10-17-18(13-16)36-24(26(27,28)29)21(22(17)30)14-7-5-4-6-8-14/h4-13H,1-3H3. The van der Waals surface area contributed by atoms with E-state index in [9.17, 15) is 22.8 Å². The number of carbonyl (C=O) groups excluding carboxylic acids is 1. The molecule has 0 amide bonds. The van der Waals surface area contributed by atoms with Gasteiger partial charge in [0.15, 0.2) is 11.5 Å². The Morgan fingerprint density at radius 2 is 1.50 bits per heavy atom. The third kappa shape index (κ3) is 4.57. The van der Waals surface area contributed by atoms with Gasteiger partial charge in [0.1, 0.15) is 11.3 Å². The Morgan fingerprint density at radius 3 is 2.06 bits per heavy atom. The van der Waals surface area contributed by atoms with E-state index in [2.05, 4.69) is 0 Å². The van der Waals surface area contributed by atoms with Gasteiger partial charge < -0.3 is 23.4 Å². The topological polar surface area (TPSA) is 84.2 Å². The largest absolute Gasteiger partial charge is 0.493 e. The number of hydrogen-bond donors (Lipinski definition) is 0. The maximum atomic E-state index is 13.8. The SMILES string of the molecule is COc1cc(C(=O)Oc2ccc3c(=O)c(-c4ccccc4)c(C(F)(F)F)oc3c2)cc(OC)c1OC. The van der Waals surface area contributed by atoms with Crippen molar-refractivity contribution in [2.45, 2.75) is 6.18 Å². The van der Waals surface area contributed by atoms with E-state index in [0.29, 0.717) is 0 Å². The third-order valence-corrected chi connectivity index (χ3v) is 5.29. The molecule has 0 N–H and O–H groups in total. The van der Waals surface area contributed by atoms with Gasteiger partial charge in [0.25, 0.3) is 0 Å². The van der Waals surface area contributed by atoms with Gasteiger partial charge in [0.05, 0.1) is 37.8 Å². The predicted octanol–water partition coefficient (Wildman–Crippen LogP) is 5.72. The first-order valence-electron chi connectivity index (χ1n) is 10.4. The molecule has 1 aromatic heterocycles. The fourth-order valence-electron chi connectivity index (χ4n) is 3.67. The molecule has 4 aromatic rings. The van der Waals surface area contributed by atoms with Crippen LogP contribution in [0.4, 0.5) is 13.2 Å². The van der Waals surface area contributed by atoms with E-state index < -0.39 is 28.9 Å². The molecule has 0 atom stereocenters. The first kappa shape index (κ1) is 24.6. The molecule has 0 spiro atoms. The van der Waals surface area contributed by atoms with Crippen LogP contribution < -0.4 is 24.4 Å². The number of fused-ring (bicyclic) bond motifs is 1. The summed E-state index contributed by atoms with van der Waals surface area (Å²) in [4.78, 5) is 25.8. The number of methoxy groups -OCH3 is 3. The van der Waals surface area contributed by atoms with Crippen molar-refractivity contribution in [3.8, 4) is 34.1 Å². The van der Waals surface area contributed by atoms with Gasteiger partial charge in [0, 0.05) is 6.07 Å². The van der Waals surface area contributed by atoms with E-state index in [1.807, 2.05) is 0 Å². The summed E-state index contributed by atoms with van der Waals surface area (Å²) in [5.74, 6) is -1.76. The Morgan fingerprint density at radius 1 is 0.861 bits per heavy atom. The second-order valence-electron chi connectivity index (χ2n) is 7.46. The lowest BCUT2D eigenvalue weighted by Crippen LogP contribution is -2.16. The fraction of sp³-hybridized carbons (Fsp3) is 0.154. The Kier molecular flexibility index (Phi) is 6.61. The summed E-state index contributed by atoms with van der Waals surface area (Å²) in [6.45, 7) is 0. The average Bonchev–Trinajstić information content (AvgIpc) is 2.87. The maximum Gasteiger partial charge on any atom is 0.450 e. The molecular formula is C26H19F3O7. The van der Waals surface area contributed by atoms with Gasteiger partial charge in [-0.2, -0.15) is 13.2 Å². The summed E-state index contributed by atoms with van der Waals surface area (Å²) in [6.07, 6.45) is -4.94. The highest BCUT2D eigenvalue weighted by molar-refractivity contribution is 5.93. The maximum absolute atomic E-state index is 13.8. The van der Waals surface area contributed by atoms with Gasteiger partial charge in [-0.15, -0.1) is 0 Å². The van der Waals surface area contributed by atoms with E-state index in [1.165, 1.54) is 69.9 Å². The molecule has 0 saturated carbocycles. The zero-order chi connectivity index (χ0) is 26.0. The molecule has 0 unspecified atom stereocenters. The van der Waals surface area contributed by atoms with E-state index >= 15 is 0 Å². The van der Waals surface area contributed by atoms with E-state index in [1.54, 1.807) is 6.07 Å². The molecule has 10 heteroatoms. The van der Waals surface area contributed by atoms with Crippen LogP contribution in [0.3, 0.4) is 0 Å². The summed E-state index contributed by atoms with van der Waals surface area (Å²) in [5.41, 5.74) is -1.75. The van der Waals surface area contributed by atoms with Crippen molar-refractivity contribution in [2.75, 3.05) is 21.3 Å². The van der Waals surface area contributed by atoms with Crippen LogP contribution in [0.15, 0.2) is 69.9 Å². The van der Waals surface area contributed by atoms with Crippen LogP contribution in [0.5, 0.6) is 23.0 Å². The average molecular weight is 500 g/mol. The molecule has 0 fully saturated rings. The lowest BCUT2D eigenvalue weighted by molar-refractivity contribution is -0.152. The Hall–Kier alpha value is -4.47. The summed E-state index contributed by atoms with van der Waals surface area (Å²) in [6, 6.07) is 13.7. The van der Waals surface area contributed by atoms with Crippen molar-refractivity contribution in [3.63, 3.8) is 0 Å². The molecule has 1 heterocycles. The molecule has 3 aromatic carbocycles. The molecule has 186 valence electrons. The van der Waals surface area contributed by atoms with E-state index in [4.69, 9.17) is 23.4 Å². The van der Waals surface area contributed by atoms with Crippen LogP contribution >= 0.6 is 0 Å². The van der Waals surface area contributed by atoms with Crippen LogP contribution in [0.1, 0.15) is 16.1 Å². The number of ether oxygens (including phenoxy) is 4. The summed E-state index contributed by atoms with van der Waals surface area (Å²) < 4.78 is 67.6. The van der Waals surface area contributed by atoms with Crippen molar-refractivity contribution in [1.82, 2.24) is 0 Å². The predicted molar refractivity (Wildman–Crippen MR) is 124 cm³/mol. The molecule has 0 aliphatic carbocycles. The van der Waals surface area contributed by atoms with Crippen molar-refractivity contribution in [3.05, 3.63) is 82.2 Å². The normalized spacial score (nSPS) is 11.3. The van der Waals surface area contributed by atoms with Gasteiger partial charge >= 0.3 is 12.1 Å². The number of carbonyl (C=O) groups is 1. The molecule has 0 bridgehead atoms. The van der Waals surface area contributed by atoms with E-state index in [-0.39, 0.29) is 45.1 Å². The Bertz CT molecular complexity index is 1470. The summed E-state index contributed by atoms with van der Waals surface area (Å²) >= 11 is 0. The first-order valence-corrected chi connectivity index (χ1v) is 10.4. The Balaban J connectivity index is 1.77. The zero-order valence-corrected chi connectivity index (χ0v) is 19.3. The molecule has 4 rings (SSSR count). The molecule has 7 nitrogen and oxygen atoms in total. The second kappa shape index (κ2) is 9.65. The number of halogens is 3. The van der Waals surface area contributed by atoms with Crippen LogP contribution in [-0.4, -0.2) is 27.3 Å². The van der Waals surface area contributed by atoms with Crippen molar-refractivity contribution in [2.24, 2.45) is 0 Å². The minimum atomic E-state index is -4.94. The van der Waals surface area contributed by atoms with Crippen LogP contribution in [0, 0.1) is 0 Å². The number of alkyl halides is 3. The number of benzene rings is 3. The highest BCUT2D eigenvalue weighted by Gasteiger charge is 2.39. The molecule has 0 aliphatic rings. The van der Waals surface area contributed by atoms with Crippen molar-refractivity contribution < 1.29 is 41.3 Å². The number of rotatable bonds is 6. The summed E-state index contributed by atoms with van der Waals surface area (Å²) in [5, 5.41) is -0.102. The number of hydrogen-bond acceptors (Lipinski definition) is 7. The molecule has 0 radical (unpaired) electrons. The smallest absolute Gasteiger partial charge is 0.450 e. The van der Waals surface area contributed by atoms with Crippen LogP contribution in [-0.2, 0) is 6.18 Å². The van der Waals surface area contributed by atoms with Crippen LogP contribution in [0.2, 0.25) is 0 Å². The number of esters is 1. The van der Waals surface area contributed by atoms with Crippen LogP contribution in [0.25, 0.3) is 22.1 Å². The molecule has 36 heavy (non-hydrogen) atoms. The first-order chi connectivity index (χ1) is 17.2. The monoisotopic (exact) mass is 500 g/mol. The van der Waals surface area contributed by atoms with Gasteiger partial charge in [-0.3, -0.25) is 4.79 Å². The van der Waals surface area contributed by atoms with Gasteiger partial charge in [-0.1, -0.05) is 30.3 Å². The Labute approximate surface area is 202 Å². The molecular weight excluding hydrogens is 481 g/mol. The highest BCUT2D eigenvalue weighted by Crippen LogP contribution is 2.39.